The molecule has 0 aromatic carbocycles. The molecule has 2 aliphatic rings. The summed E-state index contributed by atoms with van der Waals surface area (Å²) in [4.78, 5) is 0. The monoisotopic (exact) mass is 238 g/mol. The summed E-state index contributed by atoms with van der Waals surface area (Å²) in [6.07, 6.45) is 7.65. The van der Waals surface area contributed by atoms with Gasteiger partial charge in [0.1, 0.15) is 0 Å². The lowest BCUT2D eigenvalue weighted by molar-refractivity contribution is 0.0460. The van der Waals surface area contributed by atoms with E-state index in [1.165, 1.54) is 25.7 Å². The van der Waals surface area contributed by atoms with Crippen LogP contribution in [0.1, 0.15) is 73.6 Å². The van der Waals surface area contributed by atoms with E-state index in [1.807, 2.05) is 13.8 Å². The van der Waals surface area contributed by atoms with Crippen molar-refractivity contribution in [3.05, 3.63) is 0 Å². The Hall–Kier alpha value is 0. The molecule has 0 aromatic heterocycles. The van der Waals surface area contributed by atoms with Gasteiger partial charge in [0, 0.05) is 0 Å². The van der Waals surface area contributed by atoms with Gasteiger partial charge in [-0.05, 0) is 54.8 Å². The largest absolute Gasteiger partial charge is 0.0683 e. The van der Waals surface area contributed by atoms with Crippen LogP contribution in [0.5, 0.6) is 0 Å². The second-order valence-electron chi connectivity index (χ2n) is 6.66. The standard InChI is InChI=1S/C15H28.C2H6/c1-10(2)13-9-8-12-6-5-7-14(12)15(13)11(3)4;1-2/h10-15H,5-9H2,1-4H3;1-2H3. The van der Waals surface area contributed by atoms with Crippen molar-refractivity contribution < 1.29 is 0 Å². The molecule has 0 amide bonds. The molecular weight excluding hydrogens is 204 g/mol. The molecule has 4 unspecified atom stereocenters. The Morgan fingerprint density at radius 2 is 1.41 bits per heavy atom. The molecule has 0 nitrogen and oxygen atoms in total. The topological polar surface area (TPSA) is 0 Å². The van der Waals surface area contributed by atoms with Gasteiger partial charge in [-0.15, -0.1) is 0 Å². The summed E-state index contributed by atoms with van der Waals surface area (Å²) in [5.74, 6) is 6.05. The average Bonchev–Trinajstić information content (AvgIpc) is 2.77. The lowest BCUT2D eigenvalue weighted by atomic mass is 9.61. The Morgan fingerprint density at radius 1 is 0.765 bits per heavy atom. The van der Waals surface area contributed by atoms with Gasteiger partial charge in [-0.3, -0.25) is 0 Å². The maximum Gasteiger partial charge on any atom is -0.0329 e. The quantitative estimate of drug-likeness (QED) is 0.573. The van der Waals surface area contributed by atoms with Gasteiger partial charge in [-0.2, -0.15) is 0 Å². The Balaban J connectivity index is 0.000000686. The van der Waals surface area contributed by atoms with Gasteiger partial charge >= 0.3 is 0 Å². The minimum atomic E-state index is 0.902. The molecule has 0 spiro atoms. The van der Waals surface area contributed by atoms with E-state index >= 15 is 0 Å². The molecule has 0 heteroatoms. The van der Waals surface area contributed by atoms with Crippen LogP contribution < -0.4 is 0 Å². The predicted octanol–water partition coefficient (Wildman–Crippen LogP) is 5.77. The fraction of sp³-hybridized carbons (Fsp3) is 1.00. The number of rotatable bonds is 2. The van der Waals surface area contributed by atoms with Gasteiger partial charge in [0.25, 0.3) is 0 Å². The molecule has 2 fully saturated rings. The van der Waals surface area contributed by atoms with E-state index in [0.717, 1.165) is 35.5 Å². The van der Waals surface area contributed by atoms with E-state index in [-0.39, 0.29) is 0 Å². The normalized spacial score (nSPS) is 36.7. The third-order valence-electron chi connectivity index (χ3n) is 5.20. The summed E-state index contributed by atoms with van der Waals surface area (Å²) >= 11 is 0. The molecular formula is C17H34. The minimum absolute atomic E-state index is 0.902. The molecule has 0 aliphatic heterocycles. The molecule has 102 valence electrons. The highest BCUT2D eigenvalue weighted by molar-refractivity contribution is 4.92. The molecule has 4 atom stereocenters. The third-order valence-corrected chi connectivity index (χ3v) is 5.20. The van der Waals surface area contributed by atoms with Crippen LogP contribution in [-0.2, 0) is 0 Å². The Kier molecular flexibility index (Phi) is 6.03. The molecule has 0 N–H and O–H groups in total. The van der Waals surface area contributed by atoms with E-state index < -0.39 is 0 Å². The highest BCUT2D eigenvalue weighted by Gasteiger charge is 2.43. The zero-order valence-electron chi connectivity index (χ0n) is 13.0. The van der Waals surface area contributed by atoms with Gasteiger partial charge in [0.15, 0.2) is 0 Å². The molecule has 2 rings (SSSR count). The highest BCUT2D eigenvalue weighted by Crippen LogP contribution is 2.52. The average molecular weight is 238 g/mol. The van der Waals surface area contributed by atoms with Crippen molar-refractivity contribution >= 4 is 0 Å². The first-order chi connectivity index (χ1) is 8.11. The Bertz CT molecular complexity index is 202. The van der Waals surface area contributed by atoms with Crippen molar-refractivity contribution in [1.29, 1.82) is 0 Å². The lowest BCUT2D eigenvalue weighted by Gasteiger charge is -2.44. The fourth-order valence-corrected chi connectivity index (χ4v) is 4.61. The molecule has 0 heterocycles. The predicted molar refractivity (Wildman–Crippen MR) is 78.1 cm³/mol. The van der Waals surface area contributed by atoms with Gasteiger partial charge in [-0.1, -0.05) is 54.4 Å². The lowest BCUT2D eigenvalue weighted by Crippen LogP contribution is -2.37. The maximum atomic E-state index is 2.46. The van der Waals surface area contributed by atoms with Crippen LogP contribution in [0.3, 0.4) is 0 Å². The van der Waals surface area contributed by atoms with Crippen LogP contribution in [0.4, 0.5) is 0 Å². The van der Waals surface area contributed by atoms with Crippen LogP contribution >= 0.6 is 0 Å². The van der Waals surface area contributed by atoms with E-state index in [1.54, 1.807) is 6.42 Å². The summed E-state index contributed by atoms with van der Waals surface area (Å²) in [5.41, 5.74) is 0. The molecule has 0 aromatic rings. The van der Waals surface area contributed by atoms with E-state index in [2.05, 4.69) is 27.7 Å². The molecule has 2 aliphatic carbocycles. The number of hydrogen-bond donors (Lipinski definition) is 0. The summed E-state index contributed by atoms with van der Waals surface area (Å²) < 4.78 is 0. The zero-order chi connectivity index (χ0) is 13.0. The number of hydrogen-bond acceptors (Lipinski definition) is 0. The third kappa shape index (κ3) is 3.26. The van der Waals surface area contributed by atoms with Crippen LogP contribution in [0.15, 0.2) is 0 Å². The van der Waals surface area contributed by atoms with E-state index in [4.69, 9.17) is 0 Å². The second kappa shape index (κ2) is 6.81. The van der Waals surface area contributed by atoms with E-state index in [9.17, 15) is 0 Å². The zero-order valence-corrected chi connectivity index (χ0v) is 13.0. The van der Waals surface area contributed by atoms with Gasteiger partial charge in [0.2, 0.25) is 0 Å². The van der Waals surface area contributed by atoms with Crippen LogP contribution in [0.2, 0.25) is 0 Å². The van der Waals surface area contributed by atoms with Crippen molar-refractivity contribution in [1.82, 2.24) is 0 Å². The first-order valence-corrected chi connectivity index (χ1v) is 8.11. The second-order valence-corrected chi connectivity index (χ2v) is 6.66. The SMILES string of the molecule is CC.CC(C)C1CCC2CCCC2C1C(C)C. The van der Waals surface area contributed by atoms with Gasteiger partial charge in [0.05, 0.1) is 0 Å². The van der Waals surface area contributed by atoms with Crippen molar-refractivity contribution in [2.45, 2.75) is 73.6 Å². The fourth-order valence-electron chi connectivity index (χ4n) is 4.61. The van der Waals surface area contributed by atoms with Crippen LogP contribution in [-0.4, -0.2) is 0 Å². The smallest absolute Gasteiger partial charge is 0.0329 e. The minimum Gasteiger partial charge on any atom is -0.0683 e. The van der Waals surface area contributed by atoms with Crippen molar-refractivity contribution in [2.75, 3.05) is 0 Å². The molecule has 0 bridgehead atoms. The Labute approximate surface area is 110 Å². The van der Waals surface area contributed by atoms with Crippen molar-refractivity contribution in [3.63, 3.8) is 0 Å². The molecule has 2 saturated carbocycles. The first kappa shape index (κ1) is 15.1. The molecule has 0 saturated heterocycles. The summed E-state index contributed by atoms with van der Waals surface area (Å²) in [6.45, 7) is 13.8. The van der Waals surface area contributed by atoms with Crippen molar-refractivity contribution in [3.8, 4) is 0 Å². The summed E-state index contributed by atoms with van der Waals surface area (Å²) in [6, 6.07) is 0. The van der Waals surface area contributed by atoms with E-state index in [0.29, 0.717) is 0 Å². The molecule has 0 radical (unpaired) electrons. The van der Waals surface area contributed by atoms with Gasteiger partial charge in [-0.25, -0.2) is 0 Å². The van der Waals surface area contributed by atoms with Gasteiger partial charge < -0.3 is 0 Å². The van der Waals surface area contributed by atoms with Crippen LogP contribution in [0.25, 0.3) is 0 Å². The summed E-state index contributed by atoms with van der Waals surface area (Å²) in [5, 5.41) is 0. The number of fused-ring (bicyclic) bond motifs is 1. The highest BCUT2D eigenvalue weighted by atomic mass is 14.5. The summed E-state index contributed by atoms with van der Waals surface area (Å²) in [7, 11) is 0. The van der Waals surface area contributed by atoms with Crippen LogP contribution in [0, 0.1) is 35.5 Å². The Morgan fingerprint density at radius 3 is 1.94 bits per heavy atom. The molecule has 17 heavy (non-hydrogen) atoms. The van der Waals surface area contributed by atoms with Crippen molar-refractivity contribution in [2.24, 2.45) is 35.5 Å². The maximum absolute atomic E-state index is 2.46. The first-order valence-electron chi connectivity index (χ1n) is 8.11.